The van der Waals surface area contributed by atoms with Gasteiger partial charge in [-0.25, -0.2) is 4.98 Å². The van der Waals surface area contributed by atoms with E-state index in [1.54, 1.807) is 6.39 Å². The second-order valence-corrected chi connectivity index (χ2v) is 4.63. The van der Waals surface area contributed by atoms with Gasteiger partial charge in [-0.3, -0.25) is 0 Å². The van der Waals surface area contributed by atoms with Crippen molar-refractivity contribution in [2.45, 2.75) is 57.9 Å². The molecule has 0 aliphatic heterocycles. The molecule has 0 bridgehead atoms. The van der Waals surface area contributed by atoms with E-state index in [-0.39, 0.29) is 0 Å². The molecule has 1 N–H and O–H groups in total. The number of aromatic nitrogens is 1. The second-order valence-electron chi connectivity index (χ2n) is 4.63. The second kappa shape index (κ2) is 6.04. The van der Waals surface area contributed by atoms with Gasteiger partial charge in [0.25, 0.3) is 0 Å². The summed E-state index contributed by atoms with van der Waals surface area (Å²) >= 11 is 0. The molecule has 0 saturated heterocycles. The fourth-order valence-corrected chi connectivity index (χ4v) is 2.53. The minimum atomic E-state index is 0.610. The van der Waals surface area contributed by atoms with Gasteiger partial charge in [0.1, 0.15) is 5.76 Å². The Morgan fingerprint density at radius 1 is 1.31 bits per heavy atom. The van der Waals surface area contributed by atoms with E-state index in [2.05, 4.69) is 17.2 Å². The molecule has 1 aromatic rings. The molecule has 90 valence electrons. The van der Waals surface area contributed by atoms with Crippen LogP contribution in [0.15, 0.2) is 10.8 Å². The van der Waals surface area contributed by atoms with Crippen molar-refractivity contribution in [1.29, 1.82) is 0 Å². The van der Waals surface area contributed by atoms with Crippen LogP contribution in [0.1, 0.15) is 62.8 Å². The Bertz CT molecular complexity index is 301. The van der Waals surface area contributed by atoms with Gasteiger partial charge in [0.05, 0.1) is 5.69 Å². The summed E-state index contributed by atoms with van der Waals surface area (Å²) in [6.07, 6.45) is 9.59. The lowest BCUT2D eigenvalue weighted by atomic mass is 9.96. The lowest BCUT2D eigenvalue weighted by molar-refractivity contribution is 0.427. The van der Waals surface area contributed by atoms with E-state index >= 15 is 0 Å². The predicted octanol–water partition coefficient (Wildman–Crippen LogP) is 3.22. The molecule has 0 amide bonds. The monoisotopic (exact) mass is 222 g/mol. The molecule has 1 saturated carbocycles. The number of oxazole rings is 1. The van der Waals surface area contributed by atoms with Crippen LogP contribution in [0.5, 0.6) is 0 Å². The molecule has 2 rings (SSSR count). The molecule has 0 unspecified atom stereocenters. The van der Waals surface area contributed by atoms with Crippen LogP contribution in [0.3, 0.4) is 0 Å². The van der Waals surface area contributed by atoms with Gasteiger partial charge in [-0.05, 0) is 19.4 Å². The standard InChI is InChI=1S/C13H22N2O/c1-2-14-9-12-13(16-10-15-12)11-7-5-3-4-6-8-11/h10-11,14H,2-9H2,1H3. The predicted molar refractivity (Wildman–Crippen MR) is 64.3 cm³/mol. The van der Waals surface area contributed by atoms with Crippen molar-refractivity contribution < 1.29 is 4.42 Å². The third kappa shape index (κ3) is 2.85. The third-order valence-corrected chi connectivity index (χ3v) is 3.44. The molecule has 0 radical (unpaired) electrons. The molecule has 1 fully saturated rings. The third-order valence-electron chi connectivity index (χ3n) is 3.44. The highest BCUT2D eigenvalue weighted by Gasteiger charge is 2.21. The maximum Gasteiger partial charge on any atom is 0.181 e. The Morgan fingerprint density at radius 3 is 2.75 bits per heavy atom. The summed E-state index contributed by atoms with van der Waals surface area (Å²) in [7, 11) is 0. The zero-order valence-corrected chi connectivity index (χ0v) is 10.2. The first-order chi connectivity index (χ1) is 7.92. The molecule has 0 spiro atoms. The number of hydrogen-bond acceptors (Lipinski definition) is 3. The first kappa shape index (κ1) is 11.6. The van der Waals surface area contributed by atoms with E-state index in [9.17, 15) is 0 Å². The highest BCUT2D eigenvalue weighted by Crippen LogP contribution is 2.33. The lowest BCUT2D eigenvalue weighted by Gasteiger charge is -2.12. The molecule has 1 aromatic heterocycles. The summed E-state index contributed by atoms with van der Waals surface area (Å²) in [5.74, 6) is 1.75. The maximum atomic E-state index is 5.61. The summed E-state index contributed by atoms with van der Waals surface area (Å²) in [4.78, 5) is 4.33. The summed E-state index contributed by atoms with van der Waals surface area (Å²) in [5.41, 5.74) is 1.12. The topological polar surface area (TPSA) is 38.1 Å². The molecular formula is C13H22N2O. The van der Waals surface area contributed by atoms with Crippen LogP contribution in [-0.2, 0) is 6.54 Å². The fraction of sp³-hybridized carbons (Fsp3) is 0.769. The van der Waals surface area contributed by atoms with Crippen molar-refractivity contribution in [3.63, 3.8) is 0 Å². The van der Waals surface area contributed by atoms with Gasteiger partial charge in [-0.2, -0.15) is 0 Å². The van der Waals surface area contributed by atoms with Crippen molar-refractivity contribution >= 4 is 0 Å². The van der Waals surface area contributed by atoms with E-state index in [1.165, 1.54) is 38.5 Å². The van der Waals surface area contributed by atoms with Crippen molar-refractivity contribution in [2.24, 2.45) is 0 Å². The van der Waals surface area contributed by atoms with Gasteiger partial charge in [0.2, 0.25) is 0 Å². The normalized spacial score (nSPS) is 18.6. The van der Waals surface area contributed by atoms with E-state index in [0.29, 0.717) is 5.92 Å². The molecule has 3 heteroatoms. The average molecular weight is 222 g/mol. The Hall–Kier alpha value is -0.830. The van der Waals surface area contributed by atoms with Crippen LogP contribution in [0.4, 0.5) is 0 Å². The Labute approximate surface area is 97.6 Å². The van der Waals surface area contributed by atoms with Gasteiger partial charge >= 0.3 is 0 Å². The Kier molecular flexibility index (Phi) is 4.40. The lowest BCUT2D eigenvalue weighted by Crippen LogP contribution is -2.14. The van der Waals surface area contributed by atoms with E-state index in [1.807, 2.05) is 0 Å². The Balaban J connectivity index is 2.03. The highest BCUT2D eigenvalue weighted by molar-refractivity contribution is 5.13. The molecule has 1 aliphatic carbocycles. The smallest absolute Gasteiger partial charge is 0.181 e. The molecule has 0 aromatic carbocycles. The average Bonchev–Trinajstić information content (AvgIpc) is 2.60. The zero-order valence-electron chi connectivity index (χ0n) is 10.2. The van der Waals surface area contributed by atoms with Crippen molar-refractivity contribution in [3.05, 3.63) is 17.8 Å². The largest absolute Gasteiger partial charge is 0.448 e. The quantitative estimate of drug-likeness (QED) is 0.795. The molecular weight excluding hydrogens is 200 g/mol. The summed E-state index contributed by atoms with van der Waals surface area (Å²) < 4.78 is 5.61. The van der Waals surface area contributed by atoms with Crippen LogP contribution in [-0.4, -0.2) is 11.5 Å². The van der Waals surface area contributed by atoms with Crippen molar-refractivity contribution in [1.82, 2.24) is 10.3 Å². The van der Waals surface area contributed by atoms with Crippen LogP contribution in [0.2, 0.25) is 0 Å². The summed E-state index contributed by atoms with van der Waals surface area (Å²) in [6, 6.07) is 0. The van der Waals surface area contributed by atoms with Gasteiger partial charge < -0.3 is 9.73 Å². The minimum Gasteiger partial charge on any atom is -0.448 e. The SMILES string of the molecule is CCNCc1ncoc1C1CCCCCC1. The van der Waals surface area contributed by atoms with E-state index < -0.39 is 0 Å². The van der Waals surface area contributed by atoms with Crippen LogP contribution in [0.25, 0.3) is 0 Å². The number of rotatable bonds is 4. The molecule has 1 heterocycles. The van der Waals surface area contributed by atoms with Gasteiger partial charge in [-0.15, -0.1) is 0 Å². The minimum absolute atomic E-state index is 0.610. The number of nitrogens with one attached hydrogen (secondary N) is 1. The van der Waals surface area contributed by atoms with Gasteiger partial charge in [0, 0.05) is 12.5 Å². The first-order valence-corrected chi connectivity index (χ1v) is 6.54. The van der Waals surface area contributed by atoms with Gasteiger partial charge in [-0.1, -0.05) is 32.6 Å². The zero-order chi connectivity index (χ0) is 11.2. The van der Waals surface area contributed by atoms with E-state index in [0.717, 1.165) is 24.5 Å². The summed E-state index contributed by atoms with van der Waals surface area (Å²) in [5, 5.41) is 3.32. The summed E-state index contributed by atoms with van der Waals surface area (Å²) in [6.45, 7) is 3.95. The first-order valence-electron chi connectivity index (χ1n) is 6.54. The van der Waals surface area contributed by atoms with Crippen LogP contribution in [0, 0.1) is 0 Å². The van der Waals surface area contributed by atoms with Gasteiger partial charge in [0.15, 0.2) is 6.39 Å². The van der Waals surface area contributed by atoms with Crippen LogP contribution < -0.4 is 5.32 Å². The molecule has 3 nitrogen and oxygen atoms in total. The maximum absolute atomic E-state index is 5.61. The molecule has 16 heavy (non-hydrogen) atoms. The van der Waals surface area contributed by atoms with E-state index in [4.69, 9.17) is 4.42 Å². The number of hydrogen-bond donors (Lipinski definition) is 1. The fourth-order valence-electron chi connectivity index (χ4n) is 2.53. The molecule has 0 atom stereocenters. The Morgan fingerprint density at radius 2 is 2.06 bits per heavy atom. The van der Waals surface area contributed by atoms with Crippen molar-refractivity contribution in [3.8, 4) is 0 Å². The number of nitrogens with zero attached hydrogens (tertiary/aromatic N) is 1. The molecule has 1 aliphatic rings. The van der Waals surface area contributed by atoms with Crippen LogP contribution >= 0.6 is 0 Å². The van der Waals surface area contributed by atoms with Crippen molar-refractivity contribution in [2.75, 3.05) is 6.54 Å². The highest BCUT2D eigenvalue weighted by atomic mass is 16.3.